The van der Waals surface area contributed by atoms with E-state index in [1.165, 1.54) is 0 Å². The number of esters is 1. The number of amides is 2. The van der Waals surface area contributed by atoms with Crippen molar-refractivity contribution < 1.29 is 36.0 Å². The number of primary amides is 1. The second-order valence-electron chi connectivity index (χ2n) is 9.57. The van der Waals surface area contributed by atoms with E-state index in [-0.39, 0.29) is 19.1 Å². The fourth-order valence-corrected chi connectivity index (χ4v) is 4.24. The quantitative estimate of drug-likeness (QED) is 0.552. The molecule has 166 valence electrons. The summed E-state index contributed by atoms with van der Waals surface area (Å²) in [7, 11) is -4.54. The molecule has 29 heavy (non-hydrogen) atoms. The molecule has 0 radical (unpaired) electrons. The summed E-state index contributed by atoms with van der Waals surface area (Å²) in [6, 6.07) is -0.526. The monoisotopic (exact) mass is 434 g/mol. The van der Waals surface area contributed by atoms with Gasteiger partial charge in [-0.05, 0) is 40.0 Å². The molecule has 0 bridgehead atoms. The van der Waals surface area contributed by atoms with Gasteiger partial charge in [-0.15, -0.1) is 4.28 Å². The number of carbonyl (C=O) groups is 3. The molecule has 2 fully saturated rings. The Balaban J connectivity index is 1.92. The summed E-state index contributed by atoms with van der Waals surface area (Å²) >= 11 is 0. The molecule has 1 saturated carbocycles. The Morgan fingerprint density at radius 2 is 1.76 bits per heavy atom. The van der Waals surface area contributed by atoms with Crippen LogP contribution in [0.4, 0.5) is 0 Å². The van der Waals surface area contributed by atoms with Gasteiger partial charge in [0.1, 0.15) is 0 Å². The number of hydroxylamine groups is 2. The average molecular weight is 435 g/mol. The van der Waals surface area contributed by atoms with Gasteiger partial charge in [-0.1, -0.05) is 13.8 Å². The number of rotatable bonds is 8. The maximum absolute atomic E-state index is 12.5. The van der Waals surface area contributed by atoms with Crippen molar-refractivity contribution in [2.75, 3.05) is 13.2 Å². The van der Waals surface area contributed by atoms with E-state index in [0.29, 0.717) is 6.42 Å². The van der Waals surface area contributed by atoms with Gasteiger partial charge < -0.3 is 10.5 Å². The Hall–Kier alpha value is -1.72. The molecule has 0 spiro atoms. The fraction of sp³-hybridized carbons (Fsp3) is 0.833. The molecule has 0 aromatic rings. The zero-order valence-electron chi connectivity index (χ0n) is 17.6. The lowest BCUT2D eigenvalue weighted by atomic mass is 9.64. The molecular weight excluding hydrogens is 404 g/mol. The molecule has 0 aromatic carbocycles. The Morgan fingerprint density at radius 1 is 1.17 bits per heavy atom. The zero-order valence-corrected chi connectivity index (χ0v) is 18.4. The molecule has 4 atom stereocenters. The van der Waals surface area contributed by atoms with Crippen LogP contribution in [0.5, 0.6) is 0 Å². The van der Waals surface area contributed by atoms with Gasteiger partial charge in [0.05, 0.1) is 36.5 Å². The van der Waals surface area contributed by atoms with Crippen LogP contribution in [0.1, 0.15) is 48.0 Å². The Kier molecular flexibility index (Phi) is 6.37. The van der Waals surface area contributed by atoms with E-state index < -0.39 is 56.9 Å². The fourth-order valence-electron chi connectivity index (χ4n) is 3.33. The summed E-state index contributed by atoms with van der Waals surface area (Å²) in [5.41, 5.74) is 3.79. The van der Waals surface area contributed by atoms with Crippen molar-refractivity contribution in [1.82, 2.24) is 5.06 Å². The lowest BCUT2D eigenvalue weighted by Crippen LogP contribution is -2.46. The highest BCUT2D eigenvalue weighted by atomic mass is 32.3. The van der Waals surface area contributed by atoms with Crippen LogP contribution in [0.3, 0.4) is 0 Å². The van der Waals surface area contributed by atoms with Gasteiger partial charge in [-0.3, -0.25) is 14.4 Å². The van der Waals surface area contributed by atoms with Gasteiger partial charge in [0.15, 0.2) is 0 Å². The number of nitrogens with two attached hydrogens (primary N) is 1. The van der Waals surface area contributed by atoms with E-state index in [0.717, 1.165) is 5.06 Å². The van der Waals surface area contributed by atoms with E-state index in [1.807, 2.05) is 0 Å². The first kappa shape index (κ1) is 23.6. The molecule has 1 saturated heterocycles. The maximum atomic E-state index is 12.5. The second kappa shape index (κ2) is 7.84. The van der Waals surface area contributed by atoms with E-state index in [1.54, 1.807) is 41.5 Å². The second-order valence-corrected chi connectivity index (χ2v) is 10.8. The number of hydrogen-bond donors (Lipinski definition) is 1. The van der Waals surface area contributed by atoms with Crippen molar-refractivity contribution in [3.8, 4) is 0 Å². The number of nitrogens with zero attached hydrogens (tertiary/aromatic N) is 1. The predicted octanol–water partition coefficient (Wildman–Crippen LogP) is 0.763. The first-order valence-corrected chi connectivity index (χ1v) is 10.8. The third-order valence-electron chi connectivity index (χ3n) is 5.25. The molecule has 1 aliphatic carbocycles. The van der Waals surface area contributed by atoms with Crippen LogP contribution >= 0.6 is 0 Å². The molecule has 10 nitrogen and oxygen atoms in total. The van der Waals surface area contributed by atoms with Gasteiger partial charge in [-0.25, -0.2) is 4.18 Å². The smallest absolute Gasteiger partial charge is 0.421 e. The molecule has 2 amide bonds. The SMILES string of the molecule is C[C@H]1[C@@H]2C[C@@H](C(N)=O)C2C(=O)N1OS(=O)(=O)OCC(C)(C)COC(=O)C(C)(C)C. The minimum Gasteiger partial charge on any atom is -0.465 e. The maximum Gasteiger partial charge on any atom is 0.421 e. The van der Waals surface area contributed by atoms with Crippen LogP contribution < -0.4 is 5.73 Å². The zero-order chi connectivity index (χ0) is 22.4. The Labute approximate surface area is 171 Å². The molecule has 1 aliphatic heterocycles. The highest BCUT2D eigenvalue weighted by Crippen LogP contribution is 2.50. The molecule has 1 unspecified atom stereocenters. The highest BCUT2D eigenvalue weighted by molar-refractivity contribution is 7.81. The largest absolute Gasteiger partial charge is 0.465 e. The summed E-state index contributed by atoms with van der Waals surface area (Å²) in [6.45, 7) is 9.73. The van der Waals surface area contributed by atoms with E-state index >= 15 is 0 Å². The Morgan fingerprint density at radius 3 is 2.28 bits per heavy atom. The summed E-state index contributed by atoms with van der Waals surface area (Å²) in [6.07, 6.45) is 0.417. The standard InChI is InChI=1S/C18H30N2O8S/c1-10-11-7-12(14(19)21)13(11)15(22)20(10)28-29(24,25)27-9-18(5,6)8-26-16(23)17(2,3)4/h10-13H,7-9H2,1-6H3,(H2,19,21)/t10-,11-,12+,13?/m0/s1. The minimum atomic E-state index is -4.54. The third kappa shape index (κ3) is 5.26. The molecule has 1 heterocycles. The van der Waals surface area contributed by atoms with Gasteiger partial charge in [0.2, 0.25) is 5.91 Å². The summed E-state index contributed by atoms with van der Waals surface area (Å²) < 4.78 is 39.5. The van der Waals surface area contributed by atoms with Crippen LogP contribution in [0.15, 0.2) is 0 Å². The van der Waals surface area contributed by atoms with Gasteiger partial charge in [-0.2, -0.15) is 13.5 Å². The molecule has 0 aromatic heterocycles. The lowest BCUT2D eigenvalue weighted by molar-refractivity contribution is -0.161. The van der Waals surface area contributed by atoms with Crippen LogP contribution in [0, 0.1) is 28.6 Å². The highest BCUT2D eigenvalue weighted by Gasteiger charge is 2.60. The Bertz CT molecular complexity index is 786. The van der Waals surface area contributed by atoms with Crippen LogP contribution in [0.25, 0.3) is 0 Å². The number of hydrogen-bond acceptors (Lipinski definition) is 8. The summed E-state index contributed by atoms with van der Waals surface area (Å²) in [4.78, 5) is 35.7. The van der Waals surface area contributed by atoms with Gasteiger partial charge in [0.25, 0.3) is 5.91 Å². The van der Waals surface area contributed by atoms with Crippen molar-refractivity contribution in [2.24, 2.45) is 34.3 Å². The van der Waals surface area contributed by atoms with Gasteiger partial charge in [0, 0.05) is 5.41 Å². The van der Waals surface area contributed by atoms with E-state index in [2.05, 4.69) is 0 Å². The molecule has 2 aliphatic rings. The van der Waals surface area contributed by atoms with E-state index in [4.69, 9.17) is 18.9 Å². The van der Waals surface area contributed by atoms with Crippen molar-refractivity contribution in [2.45, 2.75) is 54.0 Å². The number of fused-ring (bicyclic) bond motifs is 1. The lowest BCUT2D eigenvalue weighted by Gasteiger charge is -2.36. The van der Waals surface area contributed by atoms with Crippen LogP contribution in [-0.2, 0) is 38.0 Å². The topological polar surface area (TPSA) is 142 Å². The summed E-state index contributed by atoms with van der Waals surface area (Å²) in [5.74, 6) is -3.05. The van der Waals surface area contributed by atoms with Crippen LogP contribution in [0.2, 0.25) is 0 Å². The van der Waals surface area contributed by atoms with Crippen molar-refractivity contribution in [1.29, 1.82) is 0 Å². The van der Waals surface area contributed by atoms with Crippen LogP contribution in [-0.4, -0.2) is 50.5 Å². The molecule has 2 rings (SSSR count). The van der Waals surface area contributed by atoms with Crippen molar-refractivity contribution in [3.63, 3.8) is 0 Å². The van der Waals surface area contributed by atoms with Crippen molar-refractivity contribution >= 4 is 28.2 Å². The average Bonchev–Trinajstić information content (AvgIpc) is 2.69. The first-order chi connectivity index (χ1) is 13.1. The molecule has 2 N–H and O–H groups in total. The first-order valence-electron chi connectivity index (χ1n) is 9.44. The number of ether oxygens (including phenoxy) is 1. The van der Waals surface area contributed by atoms with Crippen molar-refractivity contribution in [3.05, 3.63) is 0 Å². The molecule has 11 heteroatoms. The van der Waals surface area contributed by atoms with E-state index in [9.17, 15) is 22.8 Å². The normalized spacial score (nSPS) is 27.4. The molecular formula is C18H30N2O8S. The minimum absolute atomic E-state index is 0.0535. The third-order valence-corrected chi connectivity index (χ3v) is 6.00. The van der Waals surface area contributed by atoms with Gasteiger partial charge >= 0.3 is 16.4 Å². The predicted molar refractivity (Wildman–Crippen MR) is 101 cm³/mol. The number of carbonyl (C=O) groups excluding carboxylic acids is 3. The summed E-state index contributed by atoms with van der Waals surface area (Å²) in [5, 5.41) is 0.750.